The minimum absolute atomic E-state index is 0.0375. The van der Waals surface area contributed by atoms with E-state index in [0.717, 1.165) is 16.6 Å². The quantitative estimate of drug-likeness (QED) is 0.877. The van der Waals surface area contributed by atoms with Crippen LogP contribution in [0.2, 0.25) is 0 Å². The van der Waals surface area contributed by atoms with Crippen LogP contribution in [0, 0.1) is 5.92 Å². The molecule has 1 aromatic carbocycles. The summed E-state index contributed by atoms with van der Waals surface area (Å²) in [6.45, 7) is 1.32. The first-order chi connectivity index (χ1) is 10.7. The molecule has 2 atom stereocenters. The number of β-amino-alcohol motifs (C(OH)–C–C–N with tert-alkyl or cyclic N) is 1. The van der Waals surface area contributed by atoms with E-state index in [9.17, 15) is 9.90 Å². The van der Waals surface area contributed by atoms with E-state index in [0.29, 0.717) is 26.1 Å². The van der Waals surface area contributed by atoms with Gasteiger partial charge in [-0.15, -0.1) is 0 Å². The molecule has 0 spiro atoms. The summed E-state index contributed by atoms with van der Waals surface area (Å²) in [6, 6.07) is 12.1. The summed E-state index contributed by atoms with van der Waals surface area (Å²) in [5.74, 6) is 0.0880. The maximum absolute atomic E-state index is 11.9. The number of pyridine rings is 1. The maximum atomic E-state index is 11.9. The Kier molecular flexibility index (Phi) is 4.36. The third-order valence-electron chi connectivity index (χ3n) is 4.21. The number of hydrogen-bond acceptors (Lipinski definition) is 4. The lowest BCUT2D eigenvalue weighted by molar-refractivity contribution is -0.129. The number of carbonyl (C=O) groups is 1. The lowest BCUT2D eigenvalue weighted by Gasteiger charge is -2.15. The molecule has 5 nitrogen and oxygen atoms in total. The minimum atomic E-state index is -0.478. The number of nitrogens with one attached hydrogen (secondary N) is 1. The molecule has 1 aliphatic rings. The fourth-order valence-corrected chi connectivity index (χ4v) is 3.01. The molecule has 1 aliphatic heterocycles. The number of likely N-dealkylation sites (tertiary alicyclic amines) is 1. The average Bonchev–Trinajstić information content (AvgIpc) is 2.89. The number of fused-ring (bicyclic) bond motifs is 1. The van der Waals surface area contributed by atoms with E-state index in [2.05, 4.69) is 16.4 Å². The highest BCUT2D eigenvalue weighted by Crippen LogP contribution is 2.22. The second-order valence-corrected chi connectivity index (χ2v) is 5.86. The Hall–Kier alpha value is -1.98. The molecule has 2 N–H and O–H groups in total. The summed E-state index contributed by atoms with van der Waals surface area (Å²) in [6.07, 6.45) is 0.212. The fraction of sp³-hybridized carbons (Fsp3) is 0.412. The van der Waals surface area contributed by atoms with Gasteiger partial charge in [0.05, 0.1) is 18.2 Å². The van der Waals surface area contributed by atoms with Crippen molar-refractivity contribution in [2.75, 3.05) is 26.7 Å². The van der Waals surface area contributed by atoms with E-state index in [-0.39, 0.29) is 11.8 Å². The van der Waals surface area contributed by atoms with E-state index in [1.165, 1.54) is 0 Å². The number of aliphatic hydroxyl groups is 1. The second-order valence-electron chi connectivity index (χ2n) is 5.86. The van der Waals surface area contributed by atoms with Gasteiger partial charge in [-0.3, -0.25) is 9.78 Å². The molecule has 0 unspecified atom stereocenters. The Bertz CT molecular complexity index is 674. The predicted molar refractivity (Wildman–Crippen MR) is 85.5 cm³/mol. The zero-order valence-electron chi connectivity index (χ0n) is 12.7. The van der Waals surface area contributed by atoms with Crippen LogP contribution in [-0.4, -0.2) is 53.7 Å². The van der Waals surface area contributed by atoms with Gasteiger partial charge in [-0.05, 0) is 25.6 Å². The Morgan fingerprint density at radius 3 is 2.95 bits per heavy atom. The summed E-state index contributed by atoms with van der Waals surface area (Å²) in [7, 11) is 1.75. The van der Waals surface area contributed by atoms with Crippen molar-refractivity contribution in [3.8, 4) is 0 Å². The van der Waals surface area contributed by atoms with Gasteiger partial charge in [-0.2, -0.15) is 0 Å². The van der Waals surface area contributed by atoms with Gasteiger partial charge in [0.1, 0.15) is 0 Å². The normalized spacial score (nSPS) is 21.5. The van der Waals surface area contributed by atoms with Gasteiger partial charge >= 0.3 is 0 Å². The Morgan fingerprint density at radius 2 is 2.14 bits per heavy atom. The number of carbonyl (C=O) groups excluding carboxylic acids is 1. The van der Waals surface area contributed by atoms with Crippen LogP contribution < -0.4 is 5.32 Å². The number of aromatic nitrogens is 1. The number of hydrogen-bond donors (Lipinski definition) is 2. The van der Waals surface area contributed by atoms with Crippen molar-refractivity contribution in [2.24, 2.45) is 5.92 Å². The molecule has 0 saturated carbocycles. The average molecular weight is 299 g/mol. The van der Waals surface area contributed by atoms with Gasteiger partial charge in [0.2, 0.25) is 5.91 Å². The highest BCUT2D eigenvalue weighted by molar-refractivity contribution is 5.79. The second kappa shape index (κ2) is 6.42. The van der Waals surface area contributed by atoms with E-state index < -0.39 is 6.10 Å². The van der Waals surface area contributed by atoms with Crippen LogP contribution >= 0.6 is 0 Å². The minimum Gasteiger partial charge on any atom is -0.391 e. The SMILES string of the molecule is CNCC(=O)N1C[C@@H](Cc2ccc3ccccc3n2)[C@H](O)C1. The molecule has 0 aliphatic carbocycles. The molecule has 3 rings (SSSR count). The van der Waals surface area contributed by atoms with Crippen molar-refractivity contribution in [1.29, 1.82) is 0 Å². The van der Waals surface area contributed by atoms with E-state index in [1.807, 2.05) is 30.3 Å². The lowest BCUT2D eigenvalue weighted by atomic mass is 9.99. The molecule has 1 aromatic heterocycles. The van der Waals surface area contributed by atoms with Crippen molar-refractivity contribution >= 4 is 16.8 Å². The number of amides is 1. The fourth-order valence-electron chi connectivity index (χ4n) is 3.01. The van der Waals surface area contributed by atoms with Gasteiger partial charge in [-0.25, -0.2) is 0 Å². The van der Waals surface area contributed by atoms with Gasteiger partial charge in [0.25, 0.3) is 0 Å². The molecule has 0 bridgehead atoms. The third-order valence-corrected chi connectivity index (χ3v) is 4.21. The van der Waals surface area contributed by atoms with Crippen molar-refractivity contribution in [1.82, 2.24) is 15.2 Å². The highest BCUT2D eigenvalue weighted by atomic mass is 16.3. The number of aliphatic hydroxyl groups excluding tert-OH is 1. The van der Waals surface area contributed by atoms with Crippen LogP contribution in [0.25, 0.3) is 10.9 Å². The van der Waals surface area contributed by atoms with Crippen molar-refractivity contribution in [3.05, 3.63) is 42.1 Å². The van der Waals surface area contributed by atoms with Crippen LogP contribution in [0.1, 0.15) is 5.69 Å². The van der Waals surface area contributed by atoms with Gasteiger partial charge in [-0.1, -0.05) is 24.3 Å². The topological polar surface area (TPSA) is 65.5 Å². The smallest absolute Gasteiger partial charge is 0.236 e. The zero-order valence-corrected chi connectivity index (χ0v) is 12.7. The molecular weight excluding hydrogens is 278 g/mol. The van der Waals surface area contributed by atoms with E-state index >= 15 is 0 Å². The van der Waals surface area contributed by atoms with E-state index in [1.54, 1.807) is 11.9 Å². The molecule has 22 heavy (non-hydrogen) atoms. The summed E-state index contributed by atoms with van der Waals surface area (Å²) >= 11 is 0. The molecule has 116 valence electrons. The van der Waals surface area contributed by atoms with Gasteiger partial charge in [0, 0.05) is 30.1 Å². The third kappa shape index (κ3) is 3.10. The monoisotopic (exact) mass is 299 g/mol. The van der Waals surface area contributed by atoms with Gasteiger partial charge < -0.3 is 15.3 Å². The van der Waals surface area contributed by atoms with Crippen LogP contribution in [0.15, 0.2) is 36.4 Å². The summed E-state index contributed by atoms with van der Waals surface area (Å²) in [4.78, 5) is 18.3. The van der Waals surface area contributed by atoms with Crippen molar-refractivity contribution in [3.63, 3.8) is 0 Å². The van der Waals surface area contributed by atoms with Gasteiger partial charge in [0.15, 0.2) is 0 Å². The Balaban J connectivity index is 1.70. The molecule has 5 heteroatoms. The summed E-state index contributed by atoms with van der Waals surface area (Å²) in [5.41, 5.74) is 1.93. The number of benzene rings is 1. The Morgan fingerprint density at radius 1 is 1.32 bits per heavy atom. The highest BCUT2D eigenvalue weighted by Gasteiger charge is 2.33. The predicted octanol–water partition coefficient (Wildman–Crippen LogP) is 0.816. The van der Waals surface area contributed by atoms with E-state index in [4.69, 9.17) is 0 Å². The molecule has 2 aromatic rings. The number of nitrogens with zero attached hydrogens (tertiary/aromatic N) is 2. The van der Waals surface area contributed by atoms with Crippen LogP contribution in [0.3, 0.4) is 0 Å². The zero-order chi connectivity index (χ0) is 15.5. The number of likely N-dealkylation sites (N-methyl/N-ethyl adjacent to an activating group) is 1. The first kappa shape index (κ1) is 14.9. The molecule has 1 saturated heterocycles. The first-order valence-corrected chi connectivity index (χ1v) is 7.62. The largest absolute Gasteiger partial charge is 0.391 e. The van der Waals surface area contributed by atoms with Crippen LogP contribution in [0.5, 0.6) is 0 Å². The summed E-state index contributed by atoms with van der Waals surface area (Å²) in [5, 5.41) is 14.2. The lowest BCUT2D eigenvalue weighted by Crippen LogP contribution is -2.36. The molecule has 1 amide bonds. The molecule has 2 heterocycles. The molecule has 1 fully saturated rings. The van der Waals surface area contributed by atoms with Crippen molar-refractivity contribution < 1.29 is 9.90 Å². The summed E-state index contributed by atoms with van der Waals surface area (Å²) < 4.78 is 0. The Labute approximate surface area is 130 Å². The maximum Gasteiger partial charge on any atom is 0.236 e. The molecular formula is C17H21N3O2. The van der Waals surface area contributed by atoms with Crippen LogP contribution in [-0.2, 0) is 11.2 Å². The van der Waals surface area contributed by atoms with Crippen molar-refractivity contribution in [2.45, 2.75) is 12.5 Å². The number of para-hydroxylation sites is 1. The first-order valence-electron chi connectivity index (χ1n) is 7.62. The number of rotatable bonds is 4. The van der Waals surface area contributed by atoms with Crippen LogP contribution in [0.4, 0.5) is 0 Å². The standard InChI is InChI=1S/C17H21N3O2/c1-18-9-17(22)20-10-13(16(21)11-20)8-14-7-6-12-4-2-3-5-15(12)19-14/h2-7,13,16,18,21H,8-11H2,1H3/t13-,16-/m1/s1. The molecule has 0 radical (unpaired) electrons.